The van der Waals surface area contributed by atoms with Crippen LogP contribution in [-0.4, -0.2) is 70.3 Å². The summed E-state index contributed by atoms with van der Waals surface area (Å²) < 4.78 is 34.1. The Balaban J connectivity index is 1.19. The minimum Gasteiger partial charge on any atom is -0.493 e. The summed E-state index contributed by atoms with van der Waals surface area (Å²) in [6.07, 6.45) is 2.74. The SMILES string of the molecule is COc1cc(CNC(=O)c2ccc3c(c2)Cc2cccc(c2)CN(C2CCOCC2)CCOCCO3)cc2c1OCO2. The Kier molecular flexibility index (Phi) is 9.08. The molecule has 222 valence electrons. The Bertz CT molecular complexity index is 1390. The number of amides is 1. The first-order chi connectivity index (χ1) is 20.7. The van der Waals surface area contributed by atoms with E-state index in [0.717, 1.165) is 56.0 Å². The second-order valence-corrected chi connectivity index (χ2v) is 10.8. The van der Waals surface area contributed by atoms with Gasteiger partial charge < -0.3 is 33.7 Å². The van der Waals surface area contributed by atoms with Gasteiger partial charge in [-0.1, -0.05) is 24.3 Å². The summed E-state index contributed by atoms with van der Waals surface area (Å²) in [4.78, 5) is 15.8. The highest BCUT2D eigenvalue weighted by Crippen LogP contribution is 2.41. The quantitative estimate of drug-likeness (QED) is 0.482. The molecule has 42 heavy (non-hydrogen) atoms. The lowest BCUT2D eigenvalue weighted by atomic mass is 9.99. The standard InChI is InChI=1S/C33H38N2O7/c1-37-30-17-25(18-31-32(30)42-22-41-31)20-34-33(36)26-5-6-29-27(19-26)16-23-3-2-4-24(15-23)21-35(9-12-39-13-14-40-29)28-7-10-38-11-8-28/h2-6,15,17-19,28H,7-14,16,20-22H2,1H3,(H,34,36). The van der Waals surface area contributed by atoms with Crippen molar-refractivity contribution in [1.29, 1.82) is 0 Å². The first-order valence-corrected chi connectivity index (χ1v) is 14.6. The third-order valence-electron chi connectivity index (χ3n) is 7.98. The second-order valence-electron chi connectivity index (χ2n) is 10.8. The summed E-state index contributed by atoms with van der Waals surface area (Å²) in [6, 6.07) is 18.5. The zero-order valence-electron chi connectivity index (χ0n) is 24.1. The van der Waals surface area contributed by atoms with Crippen molar-refractivity contribution in [1.82, 2.24) is 10.2 Å². The molecule has 9 heteroatoms. The van der Waals surface area contributed by atoms with E-state index in [4.69, 9.17) is 28.4 Å². The fourth-order valence-corrected chi connectivity index (χ4v) is 5.80. The van der Waals surface area contributed by atoms with Crippen molar-refractivity contribution in [2.45, 2.75) is 38.4 Å². The number of ether oxygens (including phenoxy) is 6. The molecule has 3 aromatic rings. The van der Waals surface area contributed by atoms with Crippen molar-refractivity contribution in [2.24, 2.45) is 0 Å². The van der Waals surface area contributed by atoms with Gasteiger partial charge in [-0.3, -0.25) is 9.69 Å². The lowest BCUT2D eigenvalue weighted by Gasteiger charge is -2.34. The van der Waals surface area contributed by atoms with E-state index in [-0.39, 0.29) is 12.7 Å². The third-order valence-corrected chi connectivity index (χ3v) is 7.98. The smallest absolute Gasteiger partial charge is 0.251 e. The normalized spacial score (nSPS) is 17.9. The van der Waals surface area contributed by atoms with Crippen LogP contribution in [0, 0.1) is 0 Å². The van der Waals surface area contributed by atoms with Gasteiger partial charge in [0.15, 0.2) is 11.5 Å². The zero-order chi connectivity index (χ0) is 28.7. The summed E-state index contributed by atoms with van der Waals surface area (Å²) in [5.74, 6) is 2.38. The maximum absolute atomic E-state index is 13.2. The van der Waals surface area contributed by atoms with Gasteiger partial charge in [-0.2, -0.15) is 0 Å². The Morgan fingerprint density at radius 3 is 2.64 bits per heavy atom. The Hall–Kier alpha value is -3.79. The fourth-order valence-electron chi connectivity index (χ4n) is 5.80. The van der Waals surface area contributed by atoms with Crippen LogP contribution in [0.15, 0.2) is 54.6 Å². The molecule has 3 aromatic carbocycles. The Morgan fingerprint density at radius 2 is 1.76 bits per heavy atom. The van der Waals surface area contributed by atoms with Crippen LogP contribution >= 0.6 is 0 Å². The maximum Gasteiger partial charge on any atom is 0.251 e. The number of benzene rings is 3. The molecule has 2 bridgehead atoms. The van der Waals surface area contributed by atoms with Gasteiger partial charge >= 0.3 is 0 Å². The Labute approximate surface area is 246 Å². The van der Waals surface area contributed by atoms with Crippen LogP contribution in [0.5, 0.6) is 23.0 Å². The minimum absolute atomic E-state index is 0.155. The van der Waals surface area contributed by atoms with Gasteiger partial charge in [0.05, 0.1) is 20.3 Å². The van der Waals surface area contributed by atoms with Crippen molar-refractivity contribution in [3.63, 3.8) is 0 Å². The van der Waals surface area contributed by atoms with Gasteiger partial charge in [-0.15, -0.1) is 0 Å². The van der Waals surface area contributed by atoms with Gasteiger partial charge in [0.2, 0.25) is 12.5 Å². The molecular formula is C33H38N2O7. The predicted molar refractivity (Wildman–Crippen MR) is 157 cm³/mol. The summed E-state index contributed by atoms with van der Waals surface area (Å²) in [5.41, 5.74) is 4.85. The number of fused-ring (bicyclic) bond motifs is 4. The lowest BCUT2D eigenvalue weighted by Crippen LogP contribution is -2.41. The van der Waals surface area contributed by atoms with E-state index >= 15 is 0 Å². The van der Waals surface area contributed by atoms with Gasteiger partial charge in [0.25, 0.3) is 5.91 Å². The highest BCUT2D eigenvalue weighted by atomic mass is 16.7. The molecule has 6 rings (SSSR count). The summed E-state index contributed by atoms with van der Waals surface area (Å²) in [7, 11) is 1.58. The van der Waals surface area contributed by atoms with Crippen LogP contribution in [0.2, 0.25) is 0 Å². The second kappa shape index (κ2) is 13.5. The van der Waals surface area contributed by atoms with E-state index < -0.39 is 0 Å². The summed E-state index contributed by atoms with van der Waals surface area (Å²) in [5, 5.41) is 3.02. The summed E-state index contributed by atoms with van der Waals surface area (Å²) in [6.45, 7) is 5.46. The van der Waals surface area contributed by atoms with E-state index in [1.165, 1.54) is 11.1 Å². The van der Waals surface area contributed by atoms with Crippen molar-refractivity contribution in [3.8, 4) is 23.0 Å². The largest absolute Gasteiger partial charge is 0.493 e. The molecule has 0 unspecified atom stereocenters. The molecule has 0 atom stereocenters. The average molecular weight is 575 g/mol. The van der Waals surface area contributed by atoms with Gasteiger partial charge in [-0.25, -0.2) is 0 Å². The number of carbonyl (C=O) groups excluding carboxylic acids is 1. The molecule has 0 aromatic heterocycles. The van der Waals surface area contributed by atoms with Crippen LogP contribution in [0.4, 0.5) is 0 Å². The first kappa shape index (κ1) is 28.3. The van der Waals surface area contributed by atoms with Crippen molar-refractivity contribution >= 4 is 5.91 Å². The fraction of sp³-hybridized carbons (Fsp3) is 0.424. The van der Waals surface area contributed by atoms with Gasteiger partial charge in [-0.05, 0) is 65.4 Å². The van der Waals surface area contributed by atoms with Crippen LogP contribution in [0.3, 0.4) is 0 Å². The average Bonchev–Trinajstić information content (AvgIpc) is 3.50. The highest BCUT2D eigenvalue weighted by molar-refractivity contribution is 5.94. The monoisotopic (exact) mass is 574 g/mol. The molecule has 3 aliphatic heterocycles. The number of nitrogens with zero attached hydrogens (tertiary/aromatic N) is 1. The van der Waals surface area contributed by atoms with Crippen molar-refractivity contribution in [3.05, 3.63) is 82.4 Å². The number of carbonyl (C=O) groups is 1. The van der Waals surface area contributed by atoms with E-state index in [1.54, 1.807) is 13.2 Å². The molecule has 0 spiro atoms. The molecule has 1 fully saturated rings. The summed E-state index contributed by atoms with van der Waals surface area (Å²) >= 11 is 0. The minimum atomic E-state index is -0.168. The third kappa shape index (κ3) is 6.81. The molecule has 0 saturated carbocycles. The number of methoxy groups -OCH3 is 1. The molecule has 3 aliphatic rings. The highest BCUT2D eigenvalue weighted by Gasteiger charge is 2.23. The predicted octanol–water partition coefficient (Wildman–Crippen LogP) is 4.33. The van der Waals surface area contributed by atoms with Crippen LogP contribution in [0.1, 0.15) is 45.5 Å². The number of hydrogen-bond acceptors (Lipinski definition) is 8. The van der Waals surface area contributed by atoms with Crippen LogP contribution in [0.25, 0.3) is 0 Å². The topological polar surface area (TPSA) is 87.7 Å². The molecule has 9 nitrogen and oxygen atoms in total. The molecule has 1 N–H and O–H groups in total. The lowest BCUT2D eigenvalue weighted by molar-refractivity contribution is 0.0133. The van der Waals surface area contributed by atoms with Crippen molar-refractivity contribution in [2.75, 3.05) is 53.5 Å². The van der Waals surface area contributed by atoms with E-state index in [0.29, 0.717) is 61.6 Å². The molecular weight excluding hydrogens is 536 g/mol. The Morgan fingerprint density at radius 1 is 0.905 bits per heavy atom. The van der Waals surface area contributed by atoms with Crippen molar-refractivity contribution < 1.29 is 33.2 Å². The van der Waals surface area contributed by atoms with Crippen LogP contribution in [-0.2, 0) is 29.0 Å². The van der Waals surface area contributed by atoms with Gasteiger partial charge in [0, 0.05) is 50.9 Å². The van der Waals surface area contributed by atoms with E-state index in [1.807, 2.05) is 24.3 Å². The maximum atomic E-state index is 13.2. The molecule has 0 radical (unpaired) electrons. The molecule has 1 amide bonds. The molecule has 1 saturated heterocycles. The number of nitrogens with one attached hydrogen (secondary N) is 1. The number of hydrogen-bond donors (Lipinski definition) is 1. The molecule has 3 heterocycles. The molecule has 0 aliphatic carbocycles. The zero-order valence-corrected chi connectivity index (χ0v) is 24.1. The van der Waals surface area contributed by atoms with Crippen LogP contribution < -0.4 is 24.3 Å². The first-order valence-electron chi connectivity index (χ1n) is 14.6. The van der Waals surface area contributed by atoms with Gasteiger partial charge in [0.1, 0.15) is 12.4 Å². The van der Waals surface area contributed by atoms with E-state index in [2.05, 4.69) is 34.5 Å². The van der Waals surface area contributed by atoms with E-state index in [9.17, 15) is 4.79 Å². The number of rotatable bonds is 5.